The molecule has 4 heteroatoms. The summed E-state index contributed by atoms with van der Waals surface area (Å²) in [6.45, 7) is 3.11. The minimum Gasteiger partial charge on any atom is -0.309 e. The fourth-order valence-corrected chi connectivity index (χ4v) is 4.68. The lowest BCUT2D eigenvalue weighted by atomic mass is 9.96. The molecule has 0 spiro atoms. The monoisotopic (exact) mass is 306 g/mol. The van der Waals surface area contributed by atoms with Crippen LogP contribution >= 0.6 is 22.7 Å². The molecule has 20 heavy (non-hydrogen) atoms. The van der Waals surface area contributed by atoms with Gasteiger partial charge in [-0.05, 0) is 37.1 Å². The third-order valence-corrected chi connectivity index (χ3v) is 5.91. The van der Waals surface area contributed by atoms with Gasteiger partial charge in [-0.25, -0.2) is 4.98 Å². The number of aryl methyl sites for hydroxylation is 1. The number of rotatable bonds is 6. The largest absolute Gasteiger partial charge is 0.309 e. The zero-order valence-corrected chi connectivity index (χ0v) is 13.6. The van der Waals surface area contributed by atoms with E-state index in [9.17, 15) is 0 Å². The molecule has 1 saturated carbocycles. The molecule has 2 heterocycles. The molecule has 1 fully saturated rings. The van der Waals surface area contributed by atoms with Crippen LogP contribution in [0, 0.1) is 12.8 Å². The van der Waals surface area contributed by atoms with Gasteiger partial charge in [0.15, 0.2) is 0 Å². The van der Waals surface area contributed by atoms with Gasteiger partial charge in [0.1, 0.15) is 0 Å². The van der Waals surface area contributed by atoms with Crippen molar-refractivity contribution in [2.75, 3.05) is 6.54 Å². The van der Waals surface area contributed by atoms with Gasteiger partial charge in [0.2, 0.25) is 0 Å². The zero-order chi connectivity index (χ0) is 13.8. The highest BCUT2D eigenvalue weighted by Crippen LogP contribution is 2.37. The van der Waals surface area contributed by atoms with Crippen molar-refractivity contribution in [1.82, 2.24) is 10.3 Å². The van der Waals surface area contributed by atoms with Crippen LogP contribution in [0.15, 0.2) is 22.9 Å². The average Bonchev–Trinajstić information content (AvgIpc) is 3.18. The number of thiazole rings is 1. The molecule has 0 bridgehead atoms. The normalized spacial score (nSPS) is 17.6. The number of thiophene rings is 1. The van der Waals surface area contributed by atoms with Gasteiger partial charge in [-0.15, -0.1) is 22.7 Å². The van der Waals surface area contributed by atoms with Crippen LogP contribution in [0.2, 0.25) is 0 Å². The molecule has 2 aromatic heterocycles. The summed E-state index contributed by atoms with van der Waals surface area (Å²) in [6, 6.07) is 5.01. The van der Waals surface area contributed by atoms with Crippen LogP contribution in [0.3, 0.4) is 0 Å². The molecule has 1 atom stereocenters. The molecule has 0 aliphatic heterocycles. The van der Waals surface area contributed by atoms with E-state index < -0.39 is 0 Å². The third kappa shape index (κ3) is 3.48. The minimum atomic E-state index is 0.553. The molecule has 1 aliphatic carbocycles. The quantitative estimate of drug-likeness (QED) is 0.845. The number of nitrogens with zero attached hydrogens (tertiary/aromatic N) is 1. The Balaban J connectivity index is 1.58. The Morgan fingerprint density at radius 2 is 2.20 bits per heavy atom. The number of aromatic nitrogens is 1. The van der Waals surface area contributed by atoms with E-state index in [2.05, 4.69) is 40.1 Å². The molecule has 108 valence electrons. The van der Waals surface area contributed by atoms with Crippen molar-refractivity contribution < 1.29 is 0 Å². The number of hydrogen-bond donors (Lipinski definition) is 1. The van der Waals surface area contributed by atoms with E-state index in [0.29, 0.717) is 6.04 Å². The lowest BCUT2D eigenvalue weighted by molar-refractivity contribution is 0.374. The van der Waals surface area contributed by atoms with E-state index >= 15 is 0 Å². The van der Waals surface area contributed by atoms with Crippen molar-refractivity contribution in [1.29, 1.82) is 0 Å². The van der Waals surface area contributed by atoms with E-state index in [-0.39, 0.29) is 0 Å². The van der Waals surface area contributed by atoms with Crippen molar-refractivity contribution >= 4 is 22.7 Å². The summed E-state index contributed by atoms with van der Waals surface area (Å²) in [6.07, 6.45) is 6.61. The second-order valence-corrected chi connectivity index (χ2v) is 7.64. The topological polar surface area (TPSA) is 24.9 Å². The predicted molar refractivity (Wildman–Crippen MR) is 87.6 cm³/mol. The van der Waals surface area contributed by atoms with Crippen LogP contribution in [0.5, 0.6) is 0 Å². The highest BCUT2D eigenvalue weighted by molar-refractivity contribution is 7.10. The summed E-state index contributed by atoms with van der Waals surface area (Å²) in [5.41, 5.74) is 1.23. The maximum absolute atomic E-state index is 4.55. The molecule has 1 aliphatic rings. The van der Waals surface area contributed by atoms with Crippen LogP contribution in [-0.2, 0) is 6.42 Å². The fourth-order valence-electron chi connectivity index (χ4n) is 3.14. The molecule has 1 N–H and O–H groups in total. The highest BCUT2D eigenvalue weighted by atomic mass is 32.1. The van der Waals surface area contributed by atoms with Gasteiger partial charge in [-0.3, -0.25) is 0 Å². The Morgan fingerprint density at radius 1 is 1.35 bits per heavy atom. The molecular formula is C16H22N2S2. The van der Waals surface area contributed by atoms with Gasteiger partial charge < -0.3 is 5.32 Å². The van der Waals surface area contributed by atoms with Gasteiger partial charge in [0.25, 0.3) is 0 Å². The van der Waals surface area contributed by atoms with E-state index in [4.69, 9.17) is 0 Å². The van der Waals surface area contributed by atoms with Crippen LogP contribution < -0.4 is 5.32 Å². The molecule has 0 amide bonds. The van der Waals surface area contributed by atoms with Crippen LogP contribution in [0.1, 0.15) is 47.3 Å². The third-order valence-electron chi connectivity index (χ3n) is 4.13. The maximum atomic E-state index is 4.55. The zero-order valence-electron chi connectivity index (χ0n) is 12.0. The minimum absolute atomic E-state index is 0.553. The van der Waals surface area contributed by atoms with Gasteiger partial charge in [-0.1, -0.05) is 18.9 Å². The average molecular weight is 306 g/mol. The van der Waals surface area contributed by atoms with Crippen molar-refractivity contribution in [3.05, 3.63) is 38.5 Å². The molecule has 2 aromatic rings. The summed E-state index contributed by atoms with van der Waals surface area (Å²) < 4.78 is 0. The second-order valence-electron chi connectivity index (χ2n) is 5.60. The number of nitrogens with one attached hydrogen (secondary N) is 1. The van der Waals surface area contributed by atoms with Crippen molar-refractivity contribution in [2.45, 2.75) is 45.1 Å². The lowest BCUT2D eigenvalue weighted by Crippen LogP contribution is -2.28. The van der Waals surface area contributed by atoms with E-state index in [1.807, 2.05) is 11.3 Å². The van der Waals surface area contributed by atoms with Crippen LogP contribution in [-0.4, -0.2) is 11.5 Å². The van der Waals surface area contributed by atoms with Gasteiger partial charge >= 0.3 is 0 Å². The van der Waals surface area contributed by atoms with Crippen LogP contribution in [0.4, 0.5) is 0 Å². The number of hydrogen-bond acceptors (Lipinski definition) is 4. The molecule has 2 nitrogen and oxygen atoms in total. The molecular weight excluding hydrogens is 284 g/mol. The Bertz CT molecular complexity index is 512. The predicted octanol–water partition coefficient (Wildman–Crippen LogP) is 4.58. The van der Waals surface area contributed by atoms with Crippen molar-refractivity contribution in [3.63, 3.8) is 0 Å². The van der Waals surface area contributed by atoms with Gasteiger partial charge in [0, 0.05) is 29.3 Å². The SMILES string of the molecule is Cc1nc(CCNC(c2cccs2)C2CCCC2)cs1. The smallest absolute Gasteiger partial charge is 0.0897 e. The maximum Gasteiger partial charge on any atom is 0.0897 e. The Labute approximate surface area is 129 Å². The van der Waals surface area contributed by atoms with Crippen molar-refractivity contribution in [3.8, 4) is 0 Å². The Kier molecular flexibility index (Phi) is 4.86. The summed E-state index contributed by atoms with van der Waals surface area (Å²) in [5, 5.41) is 9.35. The summed E-state index contributed by atoms with van der Waals surface area (Å²) in [4.78, 5) is 6.05. The lowest BCUT2D eigenvalue weighted by Gasteiger charge is -2.23. The Hall–Kier alpha value is -0.710. The molecule has 0 saturated heterocycles. The summed E-state index contributed by atoms with van der Waals surface area (Å²) in [5.74, 6) is 0.825. The van der Waals surface area contributed by atoms with Gasteiger partial charge in [0.05, 0.1) is 10.7 Å². The fraction of sp³-hybridized carbons (Fsp3) is 0.562. The van der Waals surface area contributed by atoms with E-state index in [1.54, 1.807) is 11.3 Å². The molecule has 0 aromatic carbocycles. The van der Waals surface area contributed by atoms with Crippen molar-refractivity contribution in [2.24, 2.45) is 5.92 Å². The standard InChI is InChI=1S/C16H22N2S2/c1-12-18-14(11-20-12)8-9-17-16(13-5-2-3-6-13)15-7-4-10-19-15/h4,7,10-11,13,16-17H,2-3,5-6,8-9H2,1H3. The summed E-state index contributed by atoms with van der Waals surface area (Å²) in [7, 11) is 0. The van der Waals surface area contributed by atoms with Gasteiger partial charge in [-0.2, -0.15) is 0 Å². The van der Waals surface area contributed by atoms with E-state index in [0.717, 1.165) is 18.9 Å². The highest BCUT2D eigenvalue weighted by Gasteiger charge is 2.26. The molecule has 3 rings (SSSR count). The first-order valence-electron chi connectivity index (χ1n) is 7.51. The molecule has 1 unspecified atom stereocenters. The second kappa shape index (κ2) is 6.83. The first kappa shape index (κ1) is 14.2. The molecule has 0 radical (unpaired) electrons. The summed E-state index contributed by atoms with van der Waals surface area (Å²) >= 11 is 3.64. The first-order valence-corrected chi connectivity index (χ1v) is 9.26. The van der Waals surface area contributed by atoms with Crippen LogP contribution in [0.25, 0.3) is 0 Å². The van der Waals surface area contributed by atoms with E-state index in [1.165, 1.54) is 41.3 Å². The Morgan fingerprint density at radius 3 is 2.85 bits per heavy atom. The first-order chi connectivity index (χ1) is 9.83.